The molecule has 1 aromatic carbocycles. The summed E-state index contributed by atoms with van der Waals surface area (Å²) in [6.07, 6.45) is 3.42. The molecular formula is C15H21FN4S. The molecule has 0 spiro atoms. The van der Waals surface area contributed by atoms with Crippen molar-refractivity contribution in [1.29, 1.82) is 0 Å². The molecule has 0 bridgehead atoms. The highest BCUT2D eigenvalue weighted by Crippen LogP contribution is 2.22. The van der Waals surface area contributed by atoms with Crippen molar-refractivity contribution in [2.24, 2.45) is 7.05 Å². The van der Waals surface area contributed by atoms with Gasteiger partial charge in [0.25, 0.3) is 0 Å². The fourth-order valence-electron chi connectivity index (χ4n) is 2.02. The van der Waals surface area contributed by atoms with Crippen LogP contribution in [-0.2, 0) is 13.5 Å². The van der Waals surface area contributed by atoms with E-state index in [0.717, 1.165) is 31.0 Å². The van der Waals surface area contributed by atoms with Crippen molar-refractivity contribution in [2.75, 3.05) is 12.3 Å². The quantitative estimate of drug-likeness (QED) is 0.761. The summed E-state index contributed by atoms with van der Waals surface area (Å²) in [5.74, 6) is 1.58. The monoisotopic (exact) mass is 308 g/mol. The molecule has 21 heavy (non-hydrogen) atoms. The van der Waals surface area contributed by atoms with E-state index in [1.807, 2.05) is 19.2 Å². The van der Waals surface area contributed by atoms with E-state index >= 15 is 0 Å². The number of thioether (sulfide) groups is 1. The second-order valence-corrected chi connectivity index (χ2v) is 5.96. The van der Waals surface area contributed by atoms with Crippen molar-refractivity contribution in [3.63, 3.8) is 0 Å². The molecule has 1 heterocycles. The molecule has 2 rings (SSSR count). The Kier molecular flexibility index (Phi) is 6.20. The van der Waals surface area contributed by atoms with Gasteiger partial charge in [-0.25, -0.2) is 9.37 Å². The third-order valence-corrected chi connectivity index (χ3v) is 4.40. The van der Waals surface area contributed by atoms with Crippen LogP contribution in [0.5, 0.6) is 0 Å². The SMILES string of the molecule is CCCNC(CSc1ccccc1F)Cc1ncnn1C. The first kappa shape index (κ1) is 16.0. The maximum absolute atomic E-state index is 13.7. The van der Waals surface area contributed by atoms with Crippen LogP contribution in [0.2, 0.25) is 0 Å². The molecule has 0 saturated heterocycles. The maximum Gasteiger partial charge on any atom is 0.138 e. The van der Waals surface area contributed by atoms with Gasteiger partial charge in [0.05, 0.1) is 0 Å². The zero-order chi connectivity index (χ0) is 15.1. The van der Waals surface area contributed by atoms with Crippen molar-refractivity contribution >= 4 is 11.8 Å². The number of nitrogens with one attached hydrogen (secondary N) is 1. The van der Waals surface area contributed by atoms with E-state index < -0.39 is 0 Å². The van der Waals surface area contributed by atoms with Crippen LogP contribution in [0, 0.1) is 5.82 Å². The molecule has 1 atom stereocenters. The van der Waals surface area contributed by atoms with Crippen LogP contribution in [-0.4, -0.2) is 33.1 Å². The Morgan fingerprint density at radius 3 is 2.86 bits per heavy atom. The lowest BCUT2D eigenvalue weighted by Crippen LogP contribution is -2.34. The van der Waals surface area contributed by atoms with Gasteiger partial charge in [0, 0.05) is 30.2 Å². The van der Waals surface area contributed by atoms with Crippen LogP contribution in [0.1, 0.15) is 19.2 Å². The third-order valence-electron chi connectivity index (χ3n) is 3.19. The molecule has 114 valence electrons. The van der Waals surface area contributed by atoms with Crippen LogP contribution in [0.4, 0.5) is 4.39 Å². The molecule has 6 heteroatoms. The summed E-state index contributed by atoms with van der Waals surface area (Å²) in [7, 11) is 1.89. The minimum atomic E-state index is -0.157. The number of aryl methyl sites for hydroxylation is 1. The van der Waals surface area contributed by atoms with Gasteiger partial charge >= 0.3 is 0 Å². The van der Waals surface area contributed by atoms with E-state index in [-0.39, 0.29) is 11.9 Å². The topological polar surface area (TPSA) is 42.7 Å². The number of halogens is 1. The zero-order valence-electron chi connectivity index (χ0n) is 12.4. The first-order chi connectivity index (χ1) is 10.2. The van der Waals surface area contributed by atoms with Crippen molar-refractivity contribution in [2.45, 2.75) is 30.7 Å². The van der Waals surface area contributed by atoms with Gasteiger partial charge in [0.1, 0.15) is 18.0 Å². The van der Waals surface area contributed by atoms with E-state index in [1.54, 1.807) is 17.1 Å². The lowest BCUT2D eigenvalue weighted by Gasteiger charge is -2.17. The van der Waals surface area contributed by atoms with Gasteiger partial charge < -0.3 is 5.32 Å². The van der Waals surface area contributed by atoms with Gasteiger partial charge in [-0.15, -0.1) is 11.8 Å². The van der Waals surface area contributed by atoms with Gasteiger partial charge in [-0.3, -0.25) is 4.68 Å². The largest absolute Gasteiger partial charge is 0.313 e. The Balaban J connectivity index is 1.96. The Labute approximate surface area is 129 Å². The summed E-state index contributed by atoms with van der Waals surface area (Å²) in [5, 5.41) is 7.59. The highest BCUT2D eigenvalue weighted by atomic mass is 32.2. The first-order valence-corrected chi connectivity index (χ1v) is 8.12. The third kappa shape index (κ3) is 4.82. The normalized spacial score (nSPS) is 12.5. The molecule has 1 aromatic heterocycles. The van der Waals surface area contributed by atoms with Crippen molar-refractivity contribution in [1.82, 2.24) is 20.1 Å². The number of benzene rings is 1. The fraction of sp³-hybridized carbons (Fsp3) is 0.467. The fourth-order valence-corrected chi connectivity index (χ4v) is 3.01. The smallest absolute Gasteiger partial charge is 0.138 e. The van der Waals surface area contributed by atoms with Gasteiger partial charge in [-0.05, 0) is 25.1 Å². The van der Waals surface area contributed by atoms with E-state index in [0.29, 0.717) is 4.90 Å². The summed E-state index contributed by atoms with van der Waals surface area (Å²) in [6, 6.07) is 7.14. The predicted octanol–water partition coefficient (Wildman–Crippen LogP) is 2.66. The van der Waals surface area contributed by atoms with E-state index in [4.69, 9.17) is 0 Å². The van der Waals surface area contributed by atoms with Crippen LogP contribution < -0.4 is 5.32 Å². The van der Waals surface area contributed by atoms with Gasteiger partial charge in [-0.1, -0.05) is 19.1 Å². The lowest BCUT2D eigenvalue weighted by molar-refractivity contribution is 0.525. The summed E-state index contributed by atoms with van der Waals surface area (Å²) in [4.78, 5) is 4.96. The second-order valence-electron chi connectivity index (χ2n) is 4.90. The minimum Gasteiger partial charge on any atom is -0.313 e. The van der Waals surface area contributed by atoms with Crippen molar-refractivity contribution in [3.05, 3.63) is 42.2 Å². The first-order valence-electron chi connectivity index (χ1n) is 7.14. The van der Waals surface area contributed by atoms with Crippen LogP contribution >= 0.6 is 11.8 Å². The molecule has 0 aliphatic carbocycles. The van der Waals surface area contributed by atoms with Gasteiger partial charge in [-0.2, -0.15) is 5.10 Å². The summed E-state index contributed by atoms with van der Waals surface area (Å²) < 4.78 is 15.5. The van der Waals surface area contributed by atoms with Crippen LogP contribution in [0.15, 0.2) is 35.5 Å². The highest BCUT2D eigenvalue weighted by molar-refractivity contribution is 7.99. The summed E-state index contributed by atoms with van der Waals surface area (Å²) in [5.41, 5.74) is 0. The Hall–Kier alpha value is -1.40. The molecule has 0 saturated carbocycles. The van der Waals surface area contributed by atoms with Gasteiger partial charge in [0.15, 0.2) is 0 Å². The number of nitrogens with zero attached hydrogens (tertiary/aromatic N) is 3. The molecular weight excluding hydrogens is 287 g/mol. The molecule has 4 nitrogen and oxygen atoms in total. The summed E-state index contributed by atoms with van der Waals surface area (Å²) in [6.45, 7) is 3.08. The number of rotatable bonds is 8. The minimum absolute atomic E-state index is 0.157. The zero-order valence-corrected chi connectivity index (χ0v) is 13.2. The average Bonchev–Trinajstić information content (AvgIpc) is 2.88. The Morgan fingerprint density at radius 2 is 2.19 bits per heavy atom. The van der Waals surface area contributed by atoms with E-state index in [1.165, 1.54) is 17.8 Å². The standard InChI is InChI=1S/C15H21FN4S/c1-3-8-17-12(9-15-18-11-19-20(15)2)10-21-14-7-5-4-6-13(14)16/h4-7,11-12,17H,3,8-10H2,1-2H3. The number of hydrogen-bond donors (Lipinski definition) is 1. The highest BCUT2D eigenvalue weighted by Gasteiger charge is 2.14. The number of aromatic nitrogens is 3. The van der Waals surface area contributed by atoms with Crippen molar-refractivity contribution in [3.8, 4) is 0 Å². The van der Waals surface area contributed by atoms with Crippen LogP contribution in [0.25, 0.3) is 0 Å². The maximum atomic E-state index is 13.7. The van der Waals surface area contributed by atoms with E-state index in [2.05, 4.69) is 22.3 Å². The lowest BCUT2D eigenvalue weighted by atomic mass is 10.2. The van der Waals surface area contributed by atoms with Crippen molar-refractivity contribution < 1.29 is 4.39 Å². The molecule has 2 aromatic rings. The van der Waals surface area contributed by atoms with E-state index in [9.17, 15) is 4.39 Å². The molecule has 0 radical (unpaired) electrons. The summed E-state index contributed by atoms with van der Waals surface area (Å²) >= 11 is 1.54. The Morgan fingerprint density at radius 1 is 1.38 bits per heavy atom. The molecule has 1 unspecified atom stereocenters. The molecule has 0 amide bonds. The van der Waals surface area contributed by atoms with Gasteiger partial charge in [0.2, 0.25) is 0 Å². The molecule has 1 N–H and O–H groups in total. The second kappa shape index (κ2) is 8.14. The molecule has 0 aliphatic rings. The molecule has 0 aliphatic heterocycles. The molecule has 0 fully saturated rings. The Bertz CT molecular complexity index is 558. The predicted molar refractivity (Wildman–Crippen MR) is 83.9 cm³/mol. The number of hydrogen-bond acceptors (Lipinski definition) is 4. The average molecular weight is 308 g/mol. The van der Waals surface area contributed by atoms with Crippen LogP contribution in [0.3, 0.4) is 0 Å².